The first kappa shape index (κ1) is 14.7. The first-order valence-electron chi connectivity index (χ1n) is 8.63. The van der Waals surface area contributed by atoms with Crippen LogP contribution in [0.15, 0.2) is 10.6 Å². The van der Waals surface area contributed by atoms with E-state index in [2.05, 4.69) is 5.16 Å². The molecule has 1 saturated carbocycles. The zero-order valence-corrected chi connectivity index (χ0v) is 13.5. The SMILES string of the molecule is Cc1cc([C@@H]2CCCN2C(=O)[C@H]2CC(=O)N(CC3CC3)C2)no1. The van der Waals surface area contributed by atoms with Crippen molar-refractivity contribution in [1.82, 2.24) is 15.0 Å². The van der Waals surface area contributed by atoms with Crippen molar-refractivity contribution in [3.63, 3.8) is 0 Å². The fraction of sp³-hybridized carbons (Fsp3) is 0.706. The molecule has 3 aliphatic rings. The Labute approximate surface area is 135 Å². The zero-order valence-electron chi connectivity index (χ0n) is 13.5. The van der Waals surface area contributed by atoms with E-state index in [4.69, 9.17) is 4.52 Å². The second kappa shape index (κ2) is 5.65. The Bertz CT molecular complexity index is 622. The van der Waals surface area contributed by atoms with Crippen LogP contribution in [-0.2, 0) is 9.59 Å². The molecule has 3 fully saturated rings. The summed E-state index contributed by atoms with van der Waals surface area (Å²) < 4.78 is 5.16. The summed E-state index contributed by atoms with van der Waals surface area (Å²) in [7, 11) is 0. The standard InChI is InChI=1S/C17H23N3O3/c1-11-7-14(18-23-11)15-3-2-6-20(15)17(22)13-8-16(21)19(10-13)9-12-4-5-12/h7,12-13,15H,2-6,8-10H2,1H3/t13-,15-/m0/s1. The minimum absolute atomic E-state index is 0.00698. The molecule has 4 rings (SSSR count). The van der Waals surface area contributed by atoms with Gasteiger partial charge < -0.3 is 14.3 Å². The number of nitrogens with zero attached hydrogens (tertiary/aromatic N) is 3. The third-order valence-corrected chi connectivity index (χ3v) is 5.26. The molecule has 6 nitrogen and oxygen atoms in total. The number of carbonyl (C=O) groups excluding carboxylic acids is 2. The van der Waals surface area contributed by atoms with Gasteiger partial charge in [0, 0.05) is 32.1 Å². The van der Waals surface area contributed by atoms with Crippen molar-refractivity contribution in [3.8, 4) is 0 Å². The molecule has 124 valence electrons. The summed E-state index contributed by atoms with van der Waals surface area (Å²) >= 11 is 0. The van der Waals surface area contributed by atoms with E-state index in [1.54, 1.807) is 0 Å². The lowest BCUT2D eigenvalue weighted by Crippen LogP contribution is -2.37. The van der Waals surface area contributed by atoms with Gasteiger partial charge >= 0.3 is 0 Å². The van der Waals surface area contributed by atoms with Crippen molar-refractivity contribution in [2.45, 2.75) is 45.1 Å². The van der Waals surface area contributed by atoms with Gasteiger partial charge in [-0.3, -0.25) is 9.59 Å². The molecule has 0 spiro atoms. The normalized spacial score (nSPS) is 28.0. The molecule has 2 aliphatic heterocycles. The van der Waals surface area contributed by atoms with Crippen molar-refractivity contribution in [2.75, 3.05) is 19.6 Å². The highest BCUT2D eigenvalue weighted by atomic mass is 16.5. The predicted octanol–water partition coefficient (Wildman–Crippen LogP) is 1.91. The summed E-state index contributed by atoms with van der Waals surface area (Å²) in [5.74, 6) is 1.51. The minimum atomic E-state index is -0.185. The fourth-order valence-electron chi connectivity index (χ4n) is 3.84. The topological polar surface area (TPSA) is 66.7 Å². The summed E-state index contributed by atoms with van der Waals surface area (Å²) in [6.07, 6.45) is 4.72. The lowest BCUT2D eigenvalue weighted by atomic mass is 10.1. The maximum atomic E-state index is 12.9. The zero-order chi connectivity index (χ0) is 16.0. The Balaban J connectivity index is 1.44. The maximum absolute atomic E-state index is 12.9. The van der Waals surface area contributed by atoms with Gasteiger partial charge in [0.1, 0.15) is 11.5 Å². The number of rotatable bonds is 4. The van der Waals surface area contributed by atoms with E-state index in [9.17, 15) is 9.59 Å². The highest BCUT2D eigenvalue weighted by molar-refractivity contribution is 5.89. The van der Waals surface area contributed by atoms with Crippen molar-refractivity contribution in [2.24, 2.45) is 11.8 Å². The van der Waals surface area contributed by atoms with E-state index in [0.29, 0.717) is 18.9 Å². The lowest BCUT2D eigenvalue weighted by molar-refractivity contribution is -0.136. The summed E-state index contributed by atoms with van der Waals surface area (Å²) in [5, 5.41) is 4.09. The minimum Gasteiger partial charge on any atom is -0.361 e. The number of hydrogen-bond acceptors (Lipinski definition) is 4. The second-order valence-electron chi connectivity index (χ2n) is 7.20. The highest BCUT2D eigenvalue weighted by Crippen LogP contribution is 2.36. The van der Waals surface area contributed by atoms with Crippen LogP contribution >= 0.6 is 0 Å². The number of aromatic nitrogens is 1. The van der Waals surface area contributed by atoms with E-state index in [0.717, 1.165) is 37.4 Å². The predicted molar refractivity (Wildman–Crippen MR) is 82.3 cm³/mol. The fourth-order valence-corrected chi connectivity index (χ4v) is 3.84. The molecule has 1 aromatic rings. The molecule has 3 heterocycles. The van der Waals surface area contributed by atoms with Gasteiger partial charge in [-0.05, 0) is 38.5 Å². The van der Waals surface area contributed by atoms with E-state index in [1.807, 2.05) is 22.8 Å². The number of likely N-dealkylation sites (tertiary alicyclic amines) is 2. The van der Waals surface area contributed by atoms with Gasteiger partial charge in [0.2, 0.25) is 11.8 Å². The second-order valence-corrected chi connectivity index (χ2v) is 7.20. The number of hydrogen-bond donors (Lipinski definition) is 0. The van der Waals surface area contributed by atoms with Gasteiger partial charge in [0.05, 0.1) is 12.0 Å². The summed E-state index contributed by atoms with van der Waals surface area (Å²) in [6.45, 7) is 4.05. The molecule has 0 radical (unpaired) electrons. The average molecular weight is 317 g/mol. The molecular weight excluding hydrogens is 294 g/mol. The van der Waals surface area contributed by atoms with Crippen LogP contribution in [0.1, 0.15) is 49.6 Å². The first-order chi connectivity index (χ1) is 11.1. The number of aryl methyl sites for hydroxylation is 1. The third-order valence-electron chi connectivity index (χ3n) is 5.26. The Kier molecular flexibility index (Phi) is 3.62. The molecule has 23 heavy (non-hydrogen) atoms. The van der Waals surface area contributed by atoms with Gasteiger partial charge in [-0.25, -0.2) is 0 Å². The van der Waals surface area contributed by atoms with Crippen LogP contribution in [0.3, 0.4) is 0 Å². The quantitative estimate of drug-likeness (QED) is 0.851. The van der Waals surface area contributed by atoms with Gasteiger partial charge in [0.25, 0.3) is 0 Å². The molecular formula is C17H23N3O3. The summed E-state index contributed by atoms with van der Waals surface area (Å²) in [4.78, 5) is 28.9. The Morgan fingerprint density at radius 3 is 2.91 bits per heavy atom. The summed E-state index contributed by atoms with van der Waals surface area (Å²) in [5.41, 5.74) is 0.840. The van der Waals surface area contributed by atoms with Crippen LogP contribution < -0.4 is 0 Å². The third kappa shape index (κ3) is 2.86. The van der Waals surface area contributed by atoms with Gasteiger partial charge in [0.15, 0.2) is 0 Å². The van der Waals surface area contributed by atoms with Crippen molar-refractivity contribution >= 4 is 11.8 Å². The molecule has 6 heteroatoms. The smallest absolute Gasteiger partial charge is 0.228 e. The van der Waals surface area contributed by atoms with Crippen molar-refractivity contribution in [3.05, 3.63) is 17.5 Å². The highest BCUT2D eigenvalue weighted by Gasteiger charge is 2.41. The van der Waals surface area contributed by atoms with Crippen molar-refractivity contribution < 1.29 is 14.1 Å². The molecule has 2 atom stereocenters. The molecule has 2 amide bonds. The van der Waals surface area contributed by atoms with Crippen LogP contribution in [0.25, 0.3) is 0 Å². The number of amides is 2. The summed E-state index contributed by atoms with van der Waals surface area (Å²) in [6, 6.07) is 1.92. The Hall–Kier alpha value is -1.85. The van der Waals surface area contributed by atoms with Gasteiger partial charge in [-0.1, -0.05) is 5.16 Å². The Morgan fingerprint density at radius 1 is 1.39 bits per heavy atom. The molecule has 0 bridgehead atoms. The average Bonchev–Trinajstić information content (AvgIpc) is 2.91. The van der Waals surface area contributed by atoms with Gasteiger partial charge in [-0.2, -0.15) is 0 Å². The van der Waals surface area contributed by atoms with Gasteiger partial charge in [-0.15, -0.1) is 0 Å². The largest absolute Gasteiger partial charge is 0.361 e. The van der Waals surface area contributed by atoms with E-state index >= 15 is 0 Å². The molecule has 1 aromatic heterocycles. The molecule has 2 saturated heterocycles. The van der Waals surface area contributed by atoms with Crippen LogP contribution in [-0.4, -0.2) is 46.4 Å². The van der Waals surface area contributed by atoms with Crippen LogP contribution in [0.4, 0.5) is 0 Å². The maximum Gasteiger partial charge on any atom is 0.228 e. The van der Waals surface area contributed by atoms with Crippen LogP contribution in [0.5, 0.6) is 0 Å². The van der Waals surface area contributed by atoms with Crippen LogP contribution in [0.2, 0.25) is 0 Å². The Morgan fingerprint density at radius 2 is 2.22 bits per heavy atom. The van der Waals surface area contributed by atoms with E-state index in [1.165, 1.54) is 12.8 Å². The van der Waals surface area contributed by atoms with Crippen LogP contribution in [0, 0.1) is 18.8 Å². The molecule has 0 aromatic carbocycles. The molecule has 0 N–H and O–H groups in total. The first-order valence-corrected chi connectivity index (χ1v) is 8.63. The molecule has 0 unspecified atom stereocenters. The molecule has 1 aliphatic carbocycles. The van der Waals surface area contributed by atoms with E-state index < -0.39 is 0 Å². The van der Waals surface area contributed by atoms with E-state index in [-0.39, 0.29) is 23.8 Å². The lowest BCUT2D eigenvalue weighted by Gasteiger charge is -2.26. The number of carbonyl (C=O) groups is 2. The monoisotopic (exact) mass is 317 g/mol. The van der Waals surface area contributed by atoms with Crippen molar-refractivity contribution in [1.29, 1.82) is 0 Å².